The number of hydrogen-bond donors (Lipinski definition) is 0. The molecule has 0 aliphatic rings. The van der Waals surface area contributed by atoms with E-state index in [1.165, 1.54) is 44.8 Å². The Balaban J connectivity index is 2.14. The number of alkyl halides is 3. The number of amides is 1. The third-order valence-corrected chi connectivity index (χ3v) is 5.61. The first-order valence-corrected chi connectivity index (χ1v) is 11.1. The summed E-state index contributed by atoms with van der Waals surface area (Å²) >= 11 is 0. The van der Waals surface area contributed by atoms with Crippen LogP contribution in [0.4, 0.5) is 23.2 Å². The second-order valence-electron chi connectivity index (χ2n) is 6.95. The number of anilines is 1. The van der Waals surface area contributed by atoms with Gasteiger partial charge in [-0.25, -0.2) is 17.8 Å². The van der Waals surface area contributed by atoms with Crippen LogP contribution in [0.5, 0.6) is 5.75 Å². The molecule has 1 amide bonds. The molecule has 0 N–H and O–H groups in total. The average Bonchev–Trinajstić information content (AvgIpc) is 2.76. The van der Waals surface area contributed by atoms with E-state index >= 15 is 0 Å². The van der Waals surface area contributed by atoms with Gasteiger partial charge in [0.1, 0.15) is 17.3 Å². The van der Waals surface area contributed by atoms with E-state index in [2.05, 4.69) is 9.97 Å². The van der Waals surface area contributed by atoms with Gasteiger partial charge >= 0.3 is 6.18 Å². The summed E-state index contributed by atoms with van der Waals surface area (Å²) < 4.78 is 82.4. The third-order valence-electron chi connectivity index (χ3n) is 4.64. The summed E-state index contributed by atoms with van der Waals surface area (Å²) in [6.07, 6.45) is -1.59. The van der Waals surface area contributed by atoms with Crippen molar-refractivity contribution < 1.29 is 35.5 Å². The number of ether oxygens (including phenoxy) is 1. The first-order valence-electron chi connectivity index (χ1n) is 9.18. The fourth-order valence-corrected chi connectivity index (χ4v) is 3.64. The molecule has 0 aliphatic heterocycles. The molecule has 0 saturated carbocycles. The Morgan fingerprint density at radius 1 is 1.09 bits per heavy atom. The van der Waals surface area contributed by atoms with Crippen LogP contribution in [-0.4, -0.2) is 44.7 Å². The van der Waals surface area contributed by atoms with Crippen molar-refractivity contribution in [3.05, 3.63) is 65.9 Å². The Hall–Kier alpha value is -3.54. The van der Waals surface area contributed by atoms with Gasteiger partial charge < -0.3 is 9.64 Å². The molecule has 7 nitrogen and oxygen atoms in total. The largest absolute Gasteiger partial charge is 0.496 e. The summed E-state index contributed by atoms with van der Waals surface area (Å²) in [5.74, 6) is -1.34. The second kappa shape index (κ2) is 8.77. The van der Waals surface area contributed by atoms with E-state index in [9.17, 15) is 30.8 Å². The third kappa shape index (κ3) is 5.11. The second-order valence-corrected chi connectivity index (χ2v) is 8.91. The molecule has 2 heterocycles. The normalized spacial score (nSPS) is 11.8. The maximum Gasteiger partial charge on any atom is 0.433 e. The van der Waals surface area contributed by atoms with Crippen LogP contribution in [0.25, 0.3) is 11.1 Å². The van der Waals surface area contributed by atoms with Crippen molar-refractivity contribution in [1.29, 1.82) is 0 Å². The molecular weight excluding hydrogens is 466 g/mol. The van der Waals surface area contributed by atoms with Crippen LogP contribution in [-0.2, 0) is 16.0 Å². The number of carbonyl (C=O) groups excluding carboxylic acids is 1. The van der Waals surface area contributed by atoms with E-state index in [1.807, 2.05) is 0 Å². The molecule has 12 heteroatoms. The number of carbonyl (C=O) groups is 1. The molecule has 3 aromatic rings. The minimum absolute atomic E-state index is 0.158. The molecule has 3 rings (SSSR count). The summed E-state index contributed by atoms with van der Waals surface area (Å²) in [4.78, 5) is 21.2. The van der Waals surface area contributed by atoms with E-state index in [0.717, 1.165) is 17.0 Å². The van der Waals surface area contributed by atoms with Gasteiger partial charge in [0.05, 0.1) is 19.0 Å². The van der Waals surface area contributed by atoms with Gasteiger partial charge in [-0.05, 0) is 30.3 Å². The predicted octanol–water partition coefficient (Wildman–Crippen LogP) is 3.99. The molecule has 0 saturated heterocycles. The smallest absolute Gasteiger partial charge is 0.433 e. The number of nitrogens with zero attached hydrogens (tertiary/aromatic N) is 3. The van der Waals surface area contributed by atoms with Crippen LogP contribution in [0.1, 0.15) is 16.1 Å². The summed E-state index contributed by atoms with van der Waals surface area (Å²) in [5.41, 5.74) is -1.11. The van der Waals surface area contributed by atoms with E-state index in [1.54, 1.807) is 0 Å². The first kappa shape index (κ1) is 24.1. The molecule has 0 unspecified atom stereocenters. The lowest BCUT2D eigenvalue weighted by molar-refractivity contribution is -0.141. The lowest BCUT2D eigenvalue weighted by Crippen LogP contribution is -2.28. The van der Waals surface area contributed by atoms with Gasteiger partial charge in [0, 0.05) is 42.3 Å². The van der Waals surface area contributed by atoms with E-state index < -0.39 is 44.0 Å². The highest BCUT2D eigenvalue weighted by molar-refractivity contribution is 7.90. The topological polar surface area (TPSA) is 89.5 Å². The van der Waals surface area contributed by atoms with Crippen molar-refractivity contribution in [1.82, 2.24) is 9.97 Å². The number of aromatic nitrogens is 2. The minimum Gasteiger partial charge on any atom is -0.496 e. The van der Waals surface area contributed by atoms with Crippen molar-refractivity contribution >= 4 is 21.4 Å². The van der Waals surface area contributed by atoms with Crippen molar-refractivity contribution in [3.63, 3.8) is 0 Å². The SMILES string of the molecule is COc1cc(F)ccc1-c1ccncc1N(C)C(=O)c1cc(C(F)(F)F)nc(S(C)(=O)=O)c1. The summed E-state index contributed by atoms with van der Waals surface area (Å²) in [7, 11) is -1.53. The monoisotopic (exact) mass is 483 g/mol. The quantitative estimate of drug-likeness (QED) is 0.510. The Labute approximate surface area is 186 Å². The zero-order valence-corrected chi connectivity index (χ0v) is 18.3. The van der Waals surface area contributed by atoms with Gasteiger partial charge in [0.2, 0.25) is 0 Å². The van der Waals surface area contributed by atoms with Crippen LogP contribution < -0.4 is 9.64 Å². The fraction of sp³-hybridized carbons (Fsp3) is 0.190. The highest BCUT2D eigenvalue weighted by Gasteiger charge is 2.35. The Bertz CT molecular complexity index is 1330. The minimum atomic E-state index is -4.98. The van der Waals surface area contributed by atoms with E-state index in [0.29, 0.717) is 23.4 Å². The van der Waals surface area contributed by atoms with Gasteiger partial charge in [0.15, 0.2) is 14.9 Å². The van der Waals surface area contributed by atoms with Crippen molar-refractivity contribution in [2.45, 2.75) is 11.2 Å². The molecule has 0 radical (unpaired) electrons. The predicted molar refractivity (Wildman–Crippen MR) is 111 cm³/mol. The highest BCUT2D eigenvalue weighted by Crippen LogP contribution is 2.37. The number of hydrogen-bond acceptors (Lipinski definition) is 6. The lowest BCUT2D eigenvalue weighted by Gasteiger charge is -2.22. The Kier molecular flexibility index (Phi) is 6.41. The van der Waals surface area contributed by atoms with Crippen molar-refractivity contribution in [2.24, 2.45) is 0 Å². The van der Waals surface area contributed by atoms with Crippen LogP contribution in [0.15, 0.2) is 53.8 Å². The number of halogens is 4. The van der Waals surface area contributed by atoms with Gasteiger partial charge in [0.25, 0.3) is 5.91 Å². The van der Waals surface area contributed by atoms with Gasteiger partial charge in [-0.15, -0.1) is 0 Å². The number of rotatable bonds is 5. The molecule has 0 aliphatic carbocycles. The zero-order valence-electron chi connectivity index (χ0n) is 17.5. The fourth-order valence-electron chi connectivity index (χ4n) is 3.04. The van der Waals surface area contributed by atoms with Crippen LogP contribution in [0.2, 0.25) is 0 Å². The number of sulfone groups is 1. The van der Waals surface area contributed by atoms with E-state index in [-0.39, 0.29) is 11.4 Å². The Morgan fingerprint density at radius 3 is 2.39 bits per heavy atom. The highest BCUT2D eigenvalue weighted by atomic mass is 32.2. The maximum absolute atomic E-state index is 13.6. The summed E-state index contributed by atoms with van der Waals surface area (Å²) in [6, 6.07) is 6.50. The number of benzene rings is 1. The number of methoxy groups -OCH3 is 1. The standard InChI is InChI=1S/C21H17F4N3O4S/c1-28(16-11-26-7-6-14(16)15-5-4-13(22)10-17(15)32-2)20(29)12-8-18(21(23,24)25)27-19(9-12)33(3,30)31/h4-11H,1-3H3. The van der Waals surface area contributed by atoms with Crippen LogP contribution in [0.3, 0.4) is 0 Å². The first-order chi connectivity index (χ1) is 15.3. The maximum atomic E-state index is 13.6. The van der Waals surface area contributed by atoms with Crippen LogP contribution in [0, 0.1) is 5.82 Å². The zero-order chi connectivity index (χ0) is 24.6. The average molecular weight is 483 g/mol. The molecule has 0 atom stereocenters. The van der Waals surface area contributed by atoms with Gasteiger partial charge in [-0.2, -0.15) is 13.2 Å². The number of pyridine rings is 2. The van der Waals surface area contributed by atoms with Crippen LogP contribution >= 0.6 is 0 Å². The molecule has 0 bridgehead atoms. The Morgan fingerprint density at radius 2 is 1.79 bits per heavy atom. The molecular formula is C21H17F4N3O4S. The molecule has 0 spiro atoms. The summed E-state index contributed by atoms with van der Waals surface area (Å²) in [5, 5.41) is -0.888. The van der Waals surface area contributed by atoms with Gasteiger partial charge in [-0.3, -0.25) is 9.78 Å². The summed E-state index contributed by atoms with van der Waals surface area (Å²) in [6.45, 7) is 0. The molecule has 174 valence electrons. The molecule has 2 aromatic heterocycles. The van der Waals surface area contributed by atoms with Gasteiger partial charge in [-0.1, -0.05) is 0 Å². The lowest BCUT2D eigenvalue weighted by atomic mass is 10.0. The molecule has 1 aromatic carbocycles. The van der Waals surface area contributed by atoms with E-state index in [4.69, 9.17) is 4.74 Å². The van der Waals surface area contributed by atoms with Crippen molar-refractivity contribution in [2.75, 3.05) is 25.3 Å². The van der Waals surface area contributed by atoms with Crippen molar-refractivity contribution in [3.8, 4) is 16.9 Å². The molecule has 0 fully saturated rings. The molecule has 33 heavy (non-hydrogen) atoms.